The predicted octanol–water partition coefficient (Wildman–Crippen LogP) is 3.41. The number of nitrogens with zero attached hydrogens (tertiary/aromatic N) is 1. The summed E-state index contributed by atoms with van der Waals surface area (Å²) < 4.78 is 10.8. The number of hydrogen-bond donors (Lipinski definition) is 3. The predicted molar refractivity (Wildman–Crippen MR) is 118 cm³/mol. The Morgan fingerprint density at radius 3 is 2.78 bits per heavy atom. The quantitative estimate of drug-likeness (QED) is 0.413. The molecule has 4 rings (SSSR count). The minimum absolute atomic E-state index is 0.162. The van der Waals surface area contributed by atoms with Gasteiger partial charge in [0.25, 0.3) is 5.91 Å². The lowest BCUT2D eigenvalue weighted by molar-refractivity contribution is -0.123. The molecule has 32 heavy (non-hydrogen) atoms. The number of aromatic hydroxyl groups is 1. The van der Waals surface area contributed by atoms with Gasteiger partial charge in [0.05, 0.1) is 24.2 Å². The van der Waals surface area contributed by atoms with Crippen molar-refractivity contribution < 1.29 is 19.1 Å². The second-order valence-electron chi connectivity index (χ2n) is 7.16. The highest BCUT2D eigenvalue weighted by Gasteiger charge is 2.09. The van der Waals surface area contributed by atoms with E-state index in [-0.39, 0.29) is 24.8 Å². The fraction of sp³-hybridized carbons (Fsp3) is 0.125. The van der Waals surface area contributed by atoms with Crippen LogP contribution in [0.5, 0.6) is 11.5 Å². The van der Waals surface area contributed by atoms with E-state index in [1.165, 1.54) is 0 Å². The first-order chi connectivity index (χ1) is 15.5. The van der Waals surface area contributed by atoms with Gasteiger partial charge in [-0.2, -0.15) is 4.98 Å². The Morgan fingerprint density at radius 2 is 2.00 bits per heavy atom. The lowest BCUT2D eigenvalue weighted by atomic mass is 10.1. The molecule has 4 aromatic rings. The molecule has 0 saturated carbocycles. The van der Waals surface area contributed by atoms with Gasteiger partial charge in [-0.05, 0) is 66.6 Å². The average Bonchev–Trinajstić information content (AvgIpc) is 3.32. The third-order valence-corrected chi connectivity index (χ3v) is 4.79. The summed E-state index contributed by atoms with van der Waals surface area (Å²) >= 11 is 0. The number of benzene rings is 2. The van der Waals surface area contributed by atoms with Gasteiger partial charge in [-0.25, -0.2) is 4.79 Å². The van der Waals surface area contributed by atoms with E-state index in [9.17, 15) is 14.7 Å². The highest BCUT2D eigenvalue weighted by atomic mass is 16.5. The number of H-pyrrole nitrogens is 1. The maximum Gasteiger partial charge on any atom is 0.345 e. The summed E-state index contributed by atoms with van der Waals surface area (Å²) in [4.78, 5) is 31.0. The Bertz CT molecular complexity index is 1300. The number of aromatic nitrogens is 2. The van der Waals surface area contributed by atoms with E-state index in [0.29, 0.717) is 34.0 Å². The van der Waals surface area contributed by atoms with Crippen molar-refractivity contribution in [2.75, 3.05) is 6.61 Å². The molecular formula is C24H21N3O5. The van der Waals surface area contributed by atoms with E-state index in [1.54, 1.807) is 73.9 Å². The molecule has 2 aromatic carbocycles. The van der Waals surface area contributed by atoms with Gasteiger partial charge < -0.3 is 24.6 Å². The lowest BCUT2D eigenvalue weighted by Gasteiger charge is -2.09. The molecule has 0 atom stereocenters. The van der Waals surface area contributed by atoms with Gasteiger partial charge in [0.2, 0.25) is 0 Å². The number of phenols is 1. The van der Waals surface area contributed by atoms with Crippen LogP contribution in [0.3, 0.4) is 0 Å². The van der Waals surface area contributed by atoms with Crippen LogP contribution in [0, 0.1) is 6.92 Å². The van der Waals surface area contributed by atoms with Crippen LogP contribution in [-0.4, -0.2) is 27.6 Å². The normalized spacial score (nSPS) is 10.7. The molecule has 2 aromatic heterocycles. The second-order valence-corrected chi connectivity index (χ2v) is 7.16. The van der Waals surface area contributed by atoms with Gasteiger partial charge in [-0.15, -0.1) is 0 Å². The Balaban J connectivity index is 1.49. The maximum atomic E-state index is 12.2. The summed E-state index contributed by atoms with van der Waals surface area (Å²) in [6.07, 6.45) is 1.54. The van der Waals surface area contributed by atoms with Crippen LogP contribution in [0.1, 0.15) is 11.3 Å². The molecule has 2 heterocycles. The number of ether oxygens (including phenoxy) is 1. The van der Waals surface area contributed by atoms with Crippen LogP contribution >= 0.6 is 0 Å². The number of carbonyl (C=O) groups is 1. The number of carbonyl (C=O) groups excluding carboxylic acids is 1. The van der Waals surface area contributed by atoms with Crippen molar-refractivity contribution in [1.29, 1.82) is 0 Å². The Hall–Kier alpha value is -4.33. The Labute approximate surface area is 183 Å². The molecule has 0 radical (unpaired) electrons. The molecule has 0 aliphatic heterocycles. The van der Waals surface area contributed by atoms with Crippen molar-refractivity contribution >= 4 is 5.91 Å². The fourth-order valence-corrected chi connectivity index (χ4v) is 3.13. The van der Waals surface area contributed by atoms with Gasteiger partial charge in [-0.1, -0.05) is 12.1 Å². The van der Waals surface area contributed by atoms with Crippen molar-refractivity contribution in [3.63, 3.8) is 0 Å². The molecule has 162 valence electrons. The molecule has 0 aliphatic carbocycles. The zero-order valence-corrected chi connectivity index (χ0v) is 17.3. The van der Waals surface area contributed by atoms with E-state index in [4.69, 9.17) is 9.15 Å². The Morgan fingerprint density at radius 1 is 1.12 bits per heavy atom. The topological polar surface area (TPSA) is 117 Å². The zero-order chi connectivity index (χ0) is 22.5. The molecule has 0 bridgehead atoms. The maximum absolute atomic E-state index is 12.2. The van der Waals surface area contributed by atoms with Crippen LogP contribution in [-0.2, 0) is 11.3 Å². The van der Waals surface area contributed by atoms with E-state index in [2.05, 4.69) is 15.3 Å². The van der Waals surface area contributed by atoms with Crippen molar-refractivity contribution in [3.8, 4) is 34.0 Å². The average molecular weight is 431 g/mol. The summed E-state index contributed by atoms with van der Waals surface area (Å²) in [6.45, 7) is 1.90. The minimum atomic E-state index is -0.494. The van der Waals surface area contributed by atoms with Gasteiger partial charge in [-0.3, -0.25) is 4.79 Å². The summed E-state index contributed by atoms with van der Waals surface area (Å²) in [5.41, 5.74) is 2.66. The first kappa shape index (κ1) is 20.9. The zero-order valence-electron chi connectivity index (χ0n) is 17.3. The number of rotatable bonds is 7. The second kappa shape index (κ2) is 9.22. The molecular weight excluding hydrogens is 410 g/mol. The van der Waals surface area contributed by atoms with Gasteiger partial charge in [0.15, 0.2) is 6.61 Å². The van der Waals surface area contributed by atoms with E-state index < -0.39 is 5.69 Å². The summed E-state index contributed by atoms with van der Waals surface area (Å²) in [7, 11) is 0. The fourth-order valence-electron chi connectivity index (χ4n) is 3.13. The molecule has 0 spiro atoms. The minimum Gasteiger partial charge on any atom is -0.508 e. The highest BCUT2D eigenvalue weighted by Crippen LogP contribution is 2.27. The van der Waals surface area contributed by atoms with Gasteiger partial charge >= 0.3 is 5.69 Å². The summed E-state index contributed by atoms with van der Waals surface area (Å²) in [5.74, 6) is 1.02. The molecule has 1 amide bonds. The van der Waals surface area contributed by atoms with Crippen LogP contribution in [0.2, 0.25) is 0 Å². The van der Waals surface area contributed by atoms with Crippen LogP contribution in [0.25, 0.3) is 22.5 Å². The lowest BCUT2D eigenvalue weighted by Crippen LogP contribution is -2.28. The third-order valence-electron chi connectivity index (χ3n) is 4.79. The molecule has 0 fully saturated rings. The van der Waals surface area contributed by atoms with E-state index >= 15 is 0 Å². The Kier molecular flexibility index (Phi) is 6.03. The standard InChI is InChI=1S/C24H21N3O5/c1-15-10-17(7-8-22(15)28)21-12-20(26-24(30)27-21)16-4-2-5-18(11-16)32-14-23(29)25-13-19-6-3-9-31-19/h2-12,28H,13-14H2,1H3,(H,25,29)(H,26,27,30). The largest absolute Gasteiger partial charge is 0.508 e. The van der Waals surface area contributed by atoms with Crippen LogP contribution < -0.4 is 15.7 Å². The molecule has 3 N–H and O–H groups in total. The number of furan rings is 1. The monoisotopic (exact) mass is 431 g/mol. The molecule has 8 nitrogen and oxygen atoms in total. The van der Waals surface area contributed by atoms with Crippen molar-refractivity contribution in [1.82, 2.24) is 15.3 Å². The summed E-state index contributed by atoms with van der Waals surface area (Å²) in [5, 5.41) is 12.5. The van der Waals surface area contributed by atoms with Gasteiger partial charge in [0, 0.05) is 5.56 Å². The number of hydrogen-bond acceptors (Lipinski definition) is 6. The smallest absolute Gasteiger partial charge is 0.345 e. The molecule has 8 heteroatoms. The molecule has 0 unspecified atom stereocenters. The number of aryl methyl sites for hydroxylation is 1. The number of aromatic amines is 1. The van der Waals surface area contributed by atoms with Gasteiger partial charge in [0.1, 0.15) is 17.3 Å². The number of nitrogens with one attached hydrogen (secondary N) is 2. The SMILES string of the molecule is Cc1cc(-c2cc(-c3cccc(OCC(=O)NCc4ccco4)c3)nc(=O)[nH]2)ccc1O. The molecule has 0 aliphatic rings. The van der Waals surface area contributed by atoms with Crippen molar-refractivity contribution in [2.24, 2.45) is 0 Å². The van der Waals surface area contributed by atoms with E-state index in [1.807, 2.05) is 0 Å². The number of amides is 1. The number of phenolic OH excluding ortho intramolecular Hbond substituents is 1. The first-order valence-corrected chi connectivity index (χ1v) is 9.91. The van der Waals surface area contributed by atoms with E-state index in [0.717, 1.165) is 5.56 Å². The summed E-state index contributed by atoms with van der Waals surface area (Å²) in [6, 6.07) is 17.4. The van der Waals surface area contributed by atoms with Crippen LogP contribution in [0.4, 0.5) is 0 Å². The van der Waals surface area contributed by atoms with Crippen molar-refractivity contribution in [3.05, 3.63) is 88.7 Å². The van der Waals surface area contributed by atoms with Crippen LogP contribution in [0.15, 0.2) is 76.1 Å². The third kappa shape index (κ3) is 5.04. The highest BCUT2D eigenvalue weighted by molar-refractivity contribution is 5.77. The molecule has 0 saturated heterocycles. The first-order valence-electron chi connectivity index (χ1n) is 9.91. The van der Waals surface area contributed by atoms with Crippen molar-refractivity contribution in [2.45, 2.75) is 13.5 Å².